The van der Waals surface area contributed by atoms with Gasteiger partial charge in [0.25, 0.3) is 15.9 Å². The van der Waals surface area contributed by atoms with Crippen molar-refractivity contribution in [1.82, 2.24) is 0 Å². The van der Waals surface area contributed by atoms with Gasteiger partial charge in [-0.1, -0.05) is 42.0 Å². The minimum Gasteiger partial charge on any atom is -0.311 e. The molecule has 1 N–H and O–H groups in total. The van der Waals surface area contributed by atoms with E-state index in [1.807, 2.05) is 49.4 Å². The molecule has 0 fully saturated rings. The summed E-state index contributed by atoms with van der Waals surface area (Å²) in [6.45, 7) is 3.64. The van der Waals surface area contributed by atoms with Gasteiger partial charge in [-0.15, -0.1) is 0 Å². The molecule has 28 heavy (non-hydrogen) atoms. The van der Waals surface area contributed by atoms with Crippen LogP contribution in [0.1, 0.15) is 21.5 Å². The molecule has 144 valence electrons. The number of para-hydroxylation sites is 1. The molecule has 5 nitrogen and oxygen atoms in total. The Morgan fingerprint density at radius 1 is 0.893 bits per heavy atom. The Morgan fingerprint density at radius 3 is 2.18 bits per heavy atom. The number of benzene rings is 3. The van der Waals surface area contributed by atoms with E-state index in [0.717, 1.165) is 11.3 Å². The number of amides is 1. The van der Waals surface area contributed by atoms with Crippen molar-refractivity contribution in [1.29, 1.82) is 0 Å². The van der Waals surface area contributed by atoms with Gasteiger partial charge in [0.2, 0.25) is 0 Å². The topological polar surface area (TPSA) is 66.5 Å². The van der Waals surface area contributed by atoms with E-state index in [9.17, 15) is 13.2 Å². The summed E-state index contributed by atoms with van der Waals surface area (Å²) < 4.78 is 28.3. The minimum atomic E-state index is -3.82. The highest BCUT2D eigenvalue weighted by Crippen LogP contribution is 2.23. The third-order valence-corrected chi connectivity index (χ3v) is 6.00. The first-order chi connectivity index (χ1) is 13.3. The third kappa shape index (κ3) is 4.23. The summed E-state index contributed by atoms with van der Waals surface area (Å²) in [5.74, 6) is -0.280. The lowest BCUT2D eigenvalue weighted by molar-refractivity contribution is 0.0993. The Balaban J connectivity index is 1.92. The monoisotopic (exact) mass is 394 g/mol. The molecule has 0 aromatic heterocycles. The zero-order valence-corrected chi connectivity index (χ0v) is 16.8. The Kier molecular flexibility index (Phi) is 5.51. The van der Waals surface area contributed by atoms with E-state index in [0.29, 0.717) is 16.8 Å². The second kappa shape index (κ2) is 7.86. The molecule has 0 saturated carbocycles. The maximum absolute atomic E-state index is 12.9. The SMILES string of the molecule is Cc1ccc(NS(=O)(=O)c2cc(C(=O)N(C)c3ccccc3)ccc2C)cc1. The molecule has 3 aromatic carbocycles. The number of aryl methyl sites for hydroxylation is 2. The molecule has 1 amide bonds. The summed E-state index contributed by atoms with van der Waals surface area (Å²) in [4.78, 5) is 14.4. The number of nitrogens with zero attached hydrogens (tertiary/aromatic N) is 1. The smallest absolute Gasteiger partial charge is 0.262 e. The number of carbonyl (C=O) groups excluding carboxylic acids is 1. The molecule has 0 aliphatic rings. The first-order valence-corrected chi connectivity index (χ1v) is 10.3. The van der Waals surface area contributed by atoms with Crippen LogP contribution in [-0.4, -0.2) is 21.4 Å². The first kappa shape index (κ1) is 19.6. The molecule has 0 radical (unpaired) electrons. The molecule has 0 atom stereocenters. The zero-order chi connectivity index (χ0) is 20.3. The number of hydrogen-bond acceptors (Lipinski definition) is 3. The summed E-state index contributed by atoms with van der Waals surface area (Å²) in [7, 11) is -2.16. The molecule has 0 spiro atoms. The number of anilines is 2. The molecule has 6 heteroatoms. The van der Waals surface area contributed by atoms with Gasteiger partial charge >= 0.3 is 0 Å². The fraction of sp³-hybridized carbons (Fsp3) is 0.136. The minimum absolute atomic E-state index is 0.0837. The van der Waals surface area contributed by atoms with Crippen LogP contribution in [-0.2, 0) is 10.0 Å². The number of nitrogens with one attached hydrogen (secondary N) is 1. The van der Waals surface area contributed by atoms with Crippen molar-refractivity contribution in [3.8, 4) is 0 Å². The molecule has 0 aliphatic heterocycles. The molecule has 3 aromatic rings. The standard InChI is InChI=1S/C22H22N2O3S/c1-16-9-13-19(14-10-16)23-28(26,27)21-15-18(12-11-17(21)2)22(25)24(3)20-7-5-4-6-8-20/h4-15,23H,1-3H3. The lowest BCUT2D eigenvalue weighted by Crippen LogP contribution is -2.26. The van der Waals surface area contributed by atoms with Gasteiger partial charge in [-0.25, -0.2) is 8.42 Å². The highest BCUT2D eigenvalue weighted by Gasteiger charge is 2.21. The van der Waals surface area contributed by atoms with Crippen LogP contribution in [0.4, 0.5) is 11.4 Å². The maximum atomic E-state index is 12.9. The van der Waals surface area contributed by atoms with Gasteiger partial charge in [0.15, 0.2) is 0 Å². The fourth-order valence-electron chi connectivity index (χ4n) is 2.82. The van der Waals surface area contributed by atoms with Crippen molar-refractivity contribution in [2.45, 2.75) is 18.7 Å². The average Bonchev–Trinajstić information content (AvgIpc) is 2.69. The summed E-state index contributed by atoms with van der Waals surface area (Å²) >= 11 is 0. The van der Waals surface area contributed by atoms with Crippen molar-refractivity contribution in [2.75, 3.05) is 16.7 Å². The fourth-order valence-corrected chi connectivity index (χ4v) is 4.15. The maximum Gasteiger partial charge on any atom is 0.262 e. The second-order valence-electron chi connectivity index (χ2n) is 6.65. The Morgan fingerprint density at radius 2 is 1.54 bits per heavy atom. The first-order valence-electron chi connectivity index (χ1n) is 8.81. The largest absolute Gasteiger partial charge is 0.311 e. The van der Waals surface area contributed by atoms with Gasteiger partial charge in [0.05, 0.1) is 4.90 Å². The average molecular weight is 394 g/mol. The number of hydrogen-bond donors (Lipinski definition) is 1. The van der Waals surface area contributed by atoms with Crippen molar-refractivity contribution in [3.05, 3.63) is 89.5 Å². The summed E-state index contributed by atoms with van der Waals surface area (Å²) in [5.41, 5.74) is 3.12. The molecular formula is C22H22N2O3S. The van der Waals surface area contributed by atoms with Crippen LogP contribution in [0.5, 0.6) is 0 Å². The number of rotatable bonds is 5. The second-order valence-corrected chi connectivity index (χ2v) is 8.30. The van der Waals surface area contributed by atoms with Crippen LogP contribution in [0.25, 0.3) is 0 Å². The van der Waals surface area contributed by atoms with Gasteiger partial charge in [-0.05, 0) is 55.8 Å². The van der Waals surface area contributed by atoms with Crippen molar-refractivity contribution < 1.29 is 13.2 Å². The molecule has 0 aliphatic carbocycles. The van der Waals surface area contributed by atoms with Gasteiger partial charge < -0.3 is 4.90 Å². The molecule has 3 rings (SSSR count). The van der Waals surface area contributed by atoms with E-state index in [1.54, 1.807) is 38.2 Å². The Bertz CT molecular complexity index is 1090. The van der Waals surface area contributed by atoms with Crippen LogP contribution < -0.4 is 9.62 Å². The molecule has 0 bridgehead atoms. The lowest BCUT2D eigenvalue weighted by Gasteiger charge is -2.18. The van der Waals surface area contributed by atoms with Crippen LogP contribution in [0.15, 0.2) is 77.7 Å². The molecule has 0 saturated heterocycles. The van der Waals surface area contributed by atoms with E-state index >= 15 is 0 Å². The van der Waals surface area contributed by atoms with E-state index in [-0.39, 0.29) is 10.8 Å². The number of carbonyl (C=O) groups is 1. The van der Waals surface area contributed by atoms with Crippen LogP contribution in [0, 0.1) is 13.8 Å². The van der Waals surface area contributed by atoms with Crippen molar-refractivity contribution >= 4 is 27.3 Å². The predicted molar refractivity (Wildman–Crippen MR) is 112 cm³/mol. The van der Waals surface area contributed by atoms with E-state index < -0.39 is 10.0 Å². The van der Waals surface area contributed by atoms with Crippen LogP contribution in [0.3, 0.4) is 0 Å². The van der Waals surface area contributed by atoms with Crippen LogP contribution >= 0.6 is 0 Å². The highest BCUT2D eigenvalue weighted by atomic mass is 32.2. The van der Waals surface area contributed by atoms with Gasteiger partial charge in [-0.2, -0.15) is 0 Å². The van der Waals surface area contributed by atoms with Gasteiger partial charge in [0, 0.05) is 24.0 Å². The lowest BCUT2D eigenvalue weighted by atomic mass is 10.1. The van der Waals surface area contributed by atoms with E-state index in [1.165, 1.54) is 11.0 Å². The van der Waals surface area contributed by atoms with E-state index in [4.69, 9.17) is 0 Å². The third-order valence-electron chi connectivity index (χ3n) is 4.48. The van der Waals surface area contributed by atoms with Crippen molar-refractivity contribution in [3.63, 3.8) is 0 Å². The summed E-state index contributed by atoms with van der Waals surface area (Å²) in [5, 5.41) is 0. The predicted octanol–water partition coefficient (Wildman–Crippen LogP) is 4.38. The summed E-state index contributed by atoms with van der Waals surface area (Å²) in [6, 6.07) is 21.0. The van der Waals surface area contributed by atoms with Gasteiger partial charge in [-0.3, -0.25) is 9.52 Å². The quantitative estimate of drug-likeness (QED) is 0.698. The Hall–Kier alpha value is -3.12. The molecular weight excluding hydrogens is 372 g/mol. The Labute approximate surface area is 165 Å². The molecule has 0 unspecified atom stereocenters. The number of sulfonamides is 1. The normalized spacial score (nSPS) is 11.1. The van der Waals surface area contributed by atoms with Crippen LogP contribution in [0.2, 0.25) is 0 Å². The van der Waals surface area contributed by atoms with Crippen molar-refractivity contribution in [2.24, 2.45) is 0 Å². The molecule has 0 heterocycles. The summed E-state index contributed by atoms with van der Waals surface area (Å²) in [6.07, 6.45) is 0. The van der Waals surface area contributed by atoms with E-state index in [2.05, 4.69) is 4.72 Å². The highest BCUT2D eigenvalue weighted by molar-refractivity contribution is 7.92. The zero-order valence-electron chi connectivity index (χ0n) is 16.0. The van der Waals surface area contributed by atoms with Gasteiger partial charge in [0.1, 0.15) is 0 Å².